The Morgan fingerprint density at radius 3 is 2.33 bits per heavy atom. The number of likely N-dealkylation sites (tertiary alicyclic amines) is 1. The van der Waals surface area contributed by atoms with Crippen LogP contribution in [0.5, 0.6) is 5.75 Å². The number of nitrogens with one attached hydrogen (secondary N) is 1. The summed E-state index contributed by atoms with van der Waals surface area (Å²) in [7, 11) is 0. The number of nitrogens with zero attached hydrogens (tertiary/aromatic N) is 1. The minimum atomic E-state index is -1.08. The van der Waals surface area contributed by atoms with Gasteiger partial charge in [0.25, 0.3) is 5.91 Å². The van der Waals surface area contributed by atoms with Crippen LogP contribution >= 0.6 is 0 Å². The molecular formula is C32H38N2O6. The van der Waals surface area contributed by atoms with Gasteiger partial charge >= 0.3 is 12.1 Å². The van der Waals surface area contributed by atoms with Gasteiger partial charge in [0.1, 0.15) is 17.4 Å². The average molecular weight is 547 g/mol. The molecule has 2 amide bonds. The Hall–Kier alpha value is -4.07. The molecule has 8 heteroatoms. The van der Waals surface area contributed by atoms with E-state index in [1.54, 1.807) is 35.2 Å². The second kappa shape index (κ2) is 12.9. The van der Waals surface area contributed by atoms with Gasteiger partial charge in [0.05, 0.1) is 6.61 Å². The highest BCUT2D eigenvalue weighted by Crippen LogP contribution is 2.25. The molecule has 1 heterocycles. The second-order valence-corrected chi connectivity index (χ2v) is 11.3. The van der Waals surface area contributed by atoms with Crippen molar-refractivity contribution in [3.8, 4) is 5.75 Å². The number of carbonyl (C=O) groups excluding carboxylic acids is 2. The number of rotatable bonds is 9. The first-order chi connectivity index (χ1) is 19.1. The first kappa shape index (κ1) is 28.9. The number of aliphatic carboxylic acids is 1. The molecule has 1 unspecified atom stereocenters. The Morgan fingerprint density at radius 2 is 1.65 bits per heavy atom. The van der Waals surface area contributed by atoms with Crippen LogP contribution in [0, 0.1) is 5.92 Å². The molecule has 1 fully saturated rings. The quantitative estimate of drug-likeness (QED) is 0.358. The van der Waals surface area contributed by atoms with E-state index in [1.165, 1.54) is 0 Å². The van der Waals surface area contributed by atoms with E-state index < -0.39 is 23.5 Å². The van der Waals surface area contributed by atoms with Crippen LogP contribution < -0.4 is 10.1 Å². The van der Waals surface area contributed by atoms with Crippen molar-refractivity contribution in [2.75, 3.05) is 19.7 Å². The van der Waals surface area contributed by atoms with Crippen LogP contribution in [0.15, 0.2) is 66.7 Å². The third-order valence-corrected chi connectivity index (χ3v) is 7.02. The zero-order valence-corrected chi connectivity index (χ0v) is 23.4. The molecule has 212 valence electrons. The minimum Gasteiger partial charge on any atom is -0.494 e. The predicted molar refractivity (Wildman–Crippen MR) is 154 cm³/mol. The van der Waals surface area contributed by atoms with Crippen molar-refractivity contribution in [1.29, 1.82) is 0 Å². The molecular weight excluding hydrogens is 508 g/mol. The van der Waals surface area contributed by atoms with Crippen molar-refractivity contribution in [3.63, 3.8) is 0 Å². The zero-order chi connectivity index (χ0) is 28.7. The number of benzene rings is 3. The first-order valence-electron chi connectivity index (χ1n) is 13.8. The smallest absolute Gasteiger partial charge is 0.410 e. The highest BCUT2D eigenvalue weighted by Gasteiger charge is 2.27. The number of carboxylic acid groups (broad SMARTS) is 1. The van der Waals surface area contributed by atoms with Crippen molar-refractivity contribution in [1.82, 2.24) is 10.2 Å². The van der Waals surface area contributed by atoms with Crippen molar-refractivity contribution < 1.29 is 29.0 Å². The third-order valence-electron chi connectivity index (χ3n) is 7.02. The topological polar surface area (TPSA) is 105 Å². The molecule has 0 aromatic heterocycles. The van der Waals surface area contributed by atoms with Crippen LogP contribution in [0.4, 0.5) is 4.79 Å². The van der Waals surface area contributed by atoms with Crippen molar-refractivity contribution >= 4 is 28.7 Å². The molecule has 0 saturated carbocycles. The summed E-state index contributed by atoms with van der Waals surface area (Å²) in [5, 5.41) is 14.3. The maximum absolute atomic E-state index is 12.5. The van der Waals surface area contributed by atoms with Gasteiger partial charge in [0.15, 0.2) is 0 Å². The Kier molecular flexibility index (Phi) is 9.30. The number of hydrogen-bond donors (Lipinski definition) is 2. The number of carboxylic acids is 1. The lowest BCUT2D eigenvalue weighted by Crippen LogP contribution is -2.42. The zero-order valence-electron chi connectivity index (χ0n) is 23.4. The molecule has 0 bridgehead atoms. The Balaban J connectivity index is 1.27. The fraction of sp³-hybridized carbons (Fsp3) is 0.406. The highest BCUT2D eigenvalue weighted by molar-refractivity contribution is 5.96. The Labute approximate surface area is 235 Å². The van der Waals surface area contributed by atoms with Gasteiger partial charge in [-0.3, -0.25) is 4.79 Å². The van der Waals surface area contributed by atoms with Crippen molar-refractivity contribution in [2.24, 2.45) is 5.92 Å². The number of carbonyl (C=O) groups is 3. The number of fused-ring (bicyclic) bond motifs is 1. The van der Waals surface area contributed by atoms with Gasteiger partial charge in [0.2, 0.25) is 0 Å². The lowest BCUT2D eigenvalue weighted by Gasteiger charge is -2.33. The number of hydrogen-bond acceptors (Lipinski definition) is 5. The maximum Gasteiger partial charge on any atom is 0.410 e. The lowest BCUT2D eigenvalue weighted by molar-refractivity contribution is -0.139. The van der Waals surface area contributed by atoms with E-state index in [1.807, 2.05) is 57.2 Å². The maximum atomic E-state index is 12.5. The molecule has 0 radical (unpaired) electrons. The summed E-state index contributed by atoms with van der Waals surface area (Å²) in [6.45, 7) is 7.65. The molecule has 0 spiro atoms. The summed E-state index contributed by atoms with van der Waals surface area (Å²) < 4.78 is 11.5. The van der Waals surface area contributed by atoms with Gasteiger partial charge in [-0.15, -0.1) is 0 Å². The molecule has 2 N–H and O–H groups in total. The molecule has 1 aliphatic heterocycles. The van der Waals surface area contributed by atoms with Crippen LogP contribution in [0.1, 0.15) is 56.0 Å². The van der Waals surface area contributed by atoms with E-state index in [4.69, 9.17) is 9.47 Å². The van der Waals surface area contributed by atoms with Crippen LogP contribution in [-0.2, 0) is 16.0 Å². The van der Waals surface area contributed by atoms with Gasteiger partial charge in [-0.1, -0.05) is 42.5 Å². The van der Waals surface area contributed by atoms with E-state index in [0.717, 1.165) is 41.3 Å². The van der Waals surface area contributed by atoms with Gasteiger partial charge < -0.3 is 24.8 Å². The summed E-state index contributed by atoms with van der Waals surface area (Å²) in [6.07, 6.45) is 2.73. The van der Waals surface area contributed by atoms with Crippen molar-refractivity contribution in [2.45, 2.75) is 58.1 Å². The molecule has 1 aliphatic rings. The molecule has 3 aromatic carbocycles. The van der Waals surface area contributed by atoms with E-state index in [2.05, 4.69) is 5.32 Å². The second-order valence-electron chi connectivity index (χ2n) is 11.3. The largest absolute Gasteiger partial charge is 0.494 e. The predicted octanol–water partition coefficient (Wildman–Crippen LogP) is 5.68. The van der Waals surface area contributed by atoms with E-state index in [0.29, 0.717) is 31.2 Å². The monoisotopic (exact) mass is 546 g/mol. The summed E-state index contributed by atoms with van der Waals surface area (Å²) in [5.74, 6) is -0.205. The number of ether oxygens (including phenoxy) is 2. The molecule has 3 aromatic rings. The Bertz CT molecular complexity index is 1330. The molecule has 1 atom stereocenters. The third kappa shape index (κ3) is 8.21. The van der Waals surface area contributed by atoms with Gasteiger partial charge in [-0.2, -0.15) is 0 Å². The average Bonchev–Trinajstić information content (AvgIpc) is 2.92. The van der Waals surface area contributed by atoms with E-state index >= 15 is 0 Å². The van der Waals surface area contributed by atoms with Crippen LogP contribution in [0.3, 0.4) is 0 Å². The normalized spacial score (nSPS) is 14.9. The number of piperidine rings is 1. The van der Waals surface area contributed by atoms with Crippen LogP contribution in [0.25, 0.3) is 10.8 Å². The molecule has 4 rings (SSSR count). The Morgan fingerprint density at radius 1 is 0.975 bits per heavy atom. The standard InChI is InChI=1S/C32H38N2O6/c1-32(2,3)40-31(38)34-16-13-22(14-17-34)15-18-39-27-12-11-25-19-23(9-10-26(25)21-27)20-28(30(36)37)33-29(35)24-7-5-4-6-8-24/h4-12,19,21-22,28H,13-18,20H2,1-3H3,(H,33,35)(H,36,37). The van der Waals surface area contributed by atoms with Crippen molar-refractivity contribution in [3.05, 3.63) is 77.9 Å². The summed E-state index contributed by atoms with van der Waals surface area (Å²) in [5.41, 5.74) is 0.760. The summed E-state index contributed by atoms with van der Waals surface area (Å²) >= 11 is 0. The SMILES string of the molecule is CC(C)(C)OC(=O)N1CCC(CCOc2ccc3cc(CC(NC(=O)c4ccccc4)C(=O)O)ccc3c2)CC1. The number of amides is 2. The van der Waals surface area contributed by atoms with E-state index in [-0.39, 0.29) is 12.5 Å². The van der Waals surface area contributed by atoms with Gasteiger partial charge in [-0.25, -0.2) is 9.59 Å². The van der Waals surface area contributed by atoms with Crippen LogP contribution in [-0.4, -0.2) is 59.3 Å². The lowest BCUT2D eigenvalue weighted by atomic mass is 9.94. The summed E-state index contributed by atoms with van der Waals surface area (Å²) in [6, 6.07) is 19.2. The minimum absolute atomic E-state index is 0.175. The van der Waals surface area contributed by atoms with Gasteiger partial charge in [0, 0.05) is 25.1 Å². The molecule has 1 saturated heterocycles. The summed E-state index contributed by atoms with van der Waals surface area (Å²) in [4.78, 5) is 38.3. The fourth-order valence-corrected chi connectivity index (χ4v) is 4.83. The molecule has 40 heavy (non-hydrogen) atoms. The van der Waals surface area contributed by atoms with Crippen LogP contribution in [0.2, 0.25) is 0 Å². The van der Waals surface area contributed by atoms with E-state index in [9.17, 15) is 19.5 Å². The molecule has 0 aliphatic carbocycles. The first-order valence-corrected chi connectivity index (χ1v) is 13.8. The fourth-order valence-electron chi connectivity index (χ4n) is 4.83. The molecule has 8 nitrogen and oxygen atoms in total. The van der Waals surface area contributed by atoms with Gasteiger partial charge in [-0.05, 0) is 86.6 Å². The highest BCUT2D eigenvalue weighted by atomic mass is 16.6.